The van der Waals surface area contributed by atoms with E-state index in [0.717, 1.165) is 0 Å². The van der Waals surface area contributed by atoms with E-state index in [2.05, 4.69) is 217 Å². The molecule has 3 nitrogen and oxygen atoms in total. The first-order valence-corrected chi connectivity index (χ1v) is 24.4. The smallest absolute Gasteiger partial charge is 0.252 e. The van der Waals surface area contributed by atoms with Crippen LogP contribution in [0.15, 0.2) is 133 Å². The van der Waals surface area contributed by atoms with Gasteiger partial charge in [0.15, 0.2) is 0 Å². The average Bonchev–Trinajstić information content (AvgIpc) is 3.67. The zero-order valence-corrected chi connectivity index (χ0v) is 39.9. The van der Waals surface area contributed by atoms with Crippen LogP contribution in [-0.4, -0.2) is 12.3 Å². The summed E-state index contributed by atoms with van der Waals surface area (Å²) in [7, 11) is 0. The van der Waals surface area contributed by atoms with Crippen molar-refractivity contribution in [2.45, 2.75) is 122 Å². The Bertz CT molecular complexity index is 3240. The number of fused-ring (bicyclic) bond motifs is 13. The van der Waals surface area contributed by atoms with Crippen LogP contribution in [0.5, 0.6) is 0 Å². The zero-order valence-electron chi connectivity index (χ0n) is 39.9. The average molecular weight is 846 g/mol. The van der Waals surface area contributed by atoms with Crippen LogP contribution in [0.2, 0.25) is 0 Å². The lowest BCUT2D eigenvalue weighted by Gasteiger charge is -2.52. The van der Waals surface area contributed by atoms with Crippen molar-refractivity contribution in [2.75, 3.05) is 14.7 Å². The molecule has 2 aliphatic carbocycles. The molecular formula is C61H60BN3. The number of para-hydroxylation sites is 1. The van der Waals surface area contributed by atoms with E-state index in [0.29, 0.717) is 0 Å². The normalized spacial score (nSPS) is 22.7. The SMILES string of the molecule is Cc1cc2c3c4c1C1(C)c5ccccc5-c5cccc(c51)N4c1cc(N4c5ccccc5C5(C)CCCCC45C)ccc1B3c1ccc(C(C)(C)C)cc1N2c1cccc(C(C)(C)C)c1. The van der Waals surface area contributed by atoms with E-state index in [9.17, 15) is 0 Å². The third-order valence-electron chi connectivity index (χ3n) is 17.6. The van der Waals surface area contributed by atoms with Gasteiger partial charge in [0.2, 0.25) is 0 Å². The van der Waals surface area contributed by atoms with Gasteiger partial charge in [0.05, 0.1) is 11.2 Å². The molecule has 3 atom stereocenters. The third-order valence-corrected chi connectivity index (χ3v) is 17.6. The minimum atomic E-state index is -0.328. The second-order valence-electron chi connectivity index (χ2n) is 23.1. The molecule has 4 aliphatic heterocycles. The van der Waals surface area contributed by atoms with Crippen molar-refractivity contribution in [3.8, 4) is 11.1 Å². The lowest BCUT2D eigenvalue weighted by molar-refractivity contribution is 0.195. The summed E-state index contributed by atoms with van der Waals surface area (Å²) in [5.41, 5.74) is 26.9. The Morgan fingerprint density at radius 2 is 1.15 bits per heavy atom. The Balaban J connectivity index is 1.15. The molecule has 0 aromatic heterocycles. The van der Waals surface area contributed by atoms with Crippen LogP contribution in [0.4, 0.5) is 45.5 Å². The monoisotopic (exact) mass is 845 g/mol. The number of rotatable bonds is 2. The molecule has 13 rings (SSSR count). The van der Waals surface area contributed by atoms with Crippen LogP contribution in [0, 0.1) is 6.92 Å². The molecule has 0 saturated heterocycles. The van der Waals surface area contributed by atoms with Crippen molar-refractivity contribution >= 4 is 68.6 Å². The number of aryl methyl sites for hydroxylation is 1. The molecule has 7 aromatic rings. The molecule has 1 fully saturated rings. The number of hydrogen-bond donors (Lipinski definition) is 0. The molecule has 4 heterocycles. The maximum Gasteiger partial charge on any atom is 0.252 e. The highest BCUT2D eigenvalue weighted by Gasteiger charge is 2.59. The molecule has 4 heteroatoms. The van der Waals surface area contributed by atoms with Gasteiger partial charge in [0.25, 0.3) is 6.71 Å². The van der Waals surface area contributed by atoms with Crippen molar-refractivity contribution < 1.29 is 0 Å². The fourth-order valence-electron chi connectivity index (χ4n) is 14.2. The molecule has 7 aromatic carbocycles. The molecule has 0 spiro atoms. The molecule has 1 saturated carbocycles. The van der Waals surface area contributed by atoms with Gasteiger partial charge in [-0.1, -0.05) is 146 Å². The van der Waals surface area contributed by atoms with Crippen molar-refractivity contribution in [1.29, 1.82) is 0 Å². The van der Waals surface area contributed by atoms with E-state index >= 15 is 0 Å². The van der Waals surface area contributed by atoms with Crippen LogP contribution < -0.4 is 31.1 Å². The number of benzene rings is 7. The second kappa shape index (κ2) is 12.7. The van der Waals surface area contributed by atoms with Gasteiger partial charge in [-0.2, -0.15) is 0 Å². The Kier molecular flexibility index (Phi) is 7.67. The number of anilines is 8. The predicted molar refractivity (Wildman–Crippen MR) is 276 cm³/mol. The predicted octanol–water partition coefficient (Wildman–Crippen LogP) is 14.1. The quantitative estimate of drug-likeness (QED) is 0.161. The van der Waals surface area contributed by atoms with Crippen molar-refractivity contribution in [3.63, 3.8) is 0 Å². The largest absolute Gasteiger partial charge is 0.334 e. The van der Waals surface area contributed by atoms with Crippen LogP contribution in [0.1, 0.15) is 127 Å². The highest BCUT2D eigenvalue weighted by Crippen LogP contribution is 2.65. The minimum Gasteiger partial charge on any atom is -0.334 e. The van der Waals surface area contributed by atoms with Gasteiger partial charge >= 0.3 is 0 Å². The summed E-state index contributed by atoms with van der Waals surface area (Å²) < 4.78 is 0. The van der Waals surface area contributed by atoms with Crippen LogP contribution >= 0.6 is 0 Å². The minimum absolute atomic E-state index is 0.00572. The van der Waals surface area contributed by atoms with Crippen LogP contribution in [0.3, 0.4) is 0 Å². The molecule has 0 N–H and O–H groups in total. The molecule has 3 unspecified atom stereocenters. The Morgan fingerprint density at radius 1 is 0.508 bits per heavy atom. The van der Waals surface area contributed by atoms with E-state index in [1.165, 1.54) is 138 Å². The van der Waals surface area contributed by atoms with Gasteiger partial charge in [0, 0.05) is 50.6 Å². The third kappa shape index (κ3) is 4.83. The maximum atomic E-state index is 2.77. The summed E-state index contributed by atoms with van der Waals surface area (Å²) in [6.45, 7) is 24.2. The highest BCUT2D eigenvalue weighted by molar-refractivity contribution is 7.00. The van der Waals surface area contributed by atoms with Gasteiger partial charge in [0.1, 0.15) is 0 Å². The van der Waals surface area contributed by atoms with E-state index in [1.54, 1.807) is 0 Å². The second-order valence-corrected chi connectivity index (χ2v) is 23.1. The topological polar surface area (TPSA) is 9.72 Å². The molecule has 65 heavy (non-hydrogen) atoms. The van der Waals surface area contributed by atoms with Gasteiger partial charge in [-0.15, -0.1) is 0 Å². The van der Waals surface area contributed by atoms with Gasteiger partial charge in [-0.05, 0) is 159 Å². The van der Waals surface area contributed by atoms with E-state index in [-0.39, 0.29) is 33.9 Å². The number of nitrogens with zero attached hydrogens (tertiary/aromatic N) is 3. The first-order chi connectivity index (χ1) is 31.1. The Labute approximate surface area is 387 Å². The zero-order chi connectivity index (χ0) is 44.7. The summed E-state index contributed by atoms with van der Waals surface area (Å²) in [6.07, 6.45) is 4.93. The Morgan fingerprint density at radius 3 is 1.94 bits per heavy atom. The number of hydrogen-bond acceptors (Lipinski definition) is 3. The lowest BCUT2D eigenvalue weighted by atomic mass is 9.32. The van der Waals surface area contributed by atoms with Crippen molar-refractivity contribution in [3.05, 3.63) is 172 Å². The van der Waals surface area contributed by atoms with Gasteiger partial charge in [-0.25, -0.2) is 0 Å². The van der Waals surface area contributed by atoms with Gasteiger partial charge in [-0.3, -0.25) is 0 Å². The Hall–Kier alpha value is -6.00. The fraction of sp³-hybridized carbons (Fsp3) is 0.311. The molecule has 6 aliphatic rings. The first-order valence-electron chi connectivity index (χ1n) is 24.4. The first kappa shape index (κ1) is 39.4. The maximum absolute atomic E-state index is 2.77. The van der Waals surface area contributed by atoms with E-state index < -0.39 is 0 Å². The summed E-state index contributed by atoms with van der Waals surface area (Å²) in [5, 5.41) is 0. The van der Waals surface area contributed by atoms with E-state index in [1.807, 2.05) is 0 Å². The molecular weight excluding hydrogens is 786 g/mol. The van der Waals surface area contributed by atoms with Gasteiger partial charge < -0.3 is 14.7 Å². The molecule has 0 radical (unpaired) electrons. The van der Waals surface area contributed by atoms with Crippen molar-refractivity contribution in [1.82, 2.24) is 0 Å². The summed E-state index contributed by atoms with van der Waals surface area (Å²) in [5.74, 6) is 0. The standard InChI is InChI=1S/C61H60BN3/c1-37-33-52-55-56-53(37)61(10)44-23-12-11-21-42(44)43-22-18-26-49(54(43)61)64(56)51-36-41(65-48-25-14-13-24-45(48)59(8)31-15-16-32-60(59,65)9)28-30-47(51)62(55)46-29-27-39(58(5,6)7)35-50(46)63(52)40-20-17-19-38(34-40)57(2,3)4/h11-14,17-30,33-36H,15-16,31-32H2,1-10H3. The summed E-state index contributed by atoms with van der Waals surface area (Å²) >= 11 is 0. The summed E-state index contributed by atoms with van der Waals surface area (Å²) in [6, 6.07) is 52.8. The molecule has 0 amide bonds. The highest BCUT2D eigenvalue weighted by atomic mass is 15.3. The lowest BCUT2D eigenvalue weighted by Crippen LogP contribution is -2.62. The summed E-state index contributed by atoms with van der Waals surface area (Å²) in [4.78, 5) is 8.15. The van der Waals surface area contributed by atoms with Crippen LogP contribution in [-0.2, 0) is 21.7 Å². The van der Waals surface area contributed by atoms with E-state index in [4.69, 9.17) is 0 Å². The fourth-order valence-corrected chi connectivity index (χ4v) is 14.2. The van der Waals surface area contributed by atoms with Crippen molar-refractivity contribution in [2.24, 2.45) is 0 Å². The van der Waals surface area contributed by atoms with Crippen LogP contribution in [0.25, 0.3) is 11.1 Å². The molecule has 322 valence electrons. The molecule has 0 bridgehead atoms.